The summed E-state index contributed by atoms with van der Waals surface area (Å²) < 4.78 is 0. The summed E-state index contributed by atoms with van der Waals surface area (Å²) in [6, 6.07) is 9.96. The fraction of sp³-hybridized carbons (Fsp3) is 0.462. The van der Waals surface area contributed by atoms with E-state index in [1.165, 1.54) is 0 Å². The summed E-state index contributed by atoms with van der Waals surface area (Å²) in [6.07, 6.45) is -0.433. The Morgan fingerprint density at radius 1 is 1.31 bits per heavy atom. The lowest BCUT2D eigenvalue weighted by atomic mass is 10.1. The molecule has 1 aromatic carbocycles. The Hall–Kier alpha value is -1.53. The smallest absolute Gasteiger partial charge is 0.0761 e. The van der Waals surface area contributed by atoms with Crippen LogP contribution in [0.2, 0.25) is 0 Å². The maximum Gasteiger partial charge on any atom is 0.0761 e. The molecule has 0 fully saturated rings. The zero-order valence-corrected chi connectivity index (χ0v) is 10.0. The van der Waals surface area contributed by atoms with Crippen LogP contribution >= 0.6 is 0 Å². The van der Waals surface area contributed by atoms with Gasteiger partial charge in [-0.1, -0.05) is 12.1 Å². The largest absolute Gasteiger partial charge is 0.389 e. The molecular formula is C13H18N2O. The van der Waals surface area contributed by atoms with Crippen LogP contribution < -0.4 is 4.90 Å². The molecule has 86 valence electrons. The molecule has 3 heteroatoms. The second-order valence-electron chi connectivity index (χ2n) is 4.18. The Morgan fingerprint density at radius 2 is 1.88 bits per heavy atom. The molecule has 0 aliphatic heterocycles. The van der Waals surface area contributed by atoms with Gasteiger partial charge in [-0.25, -0.2) is 0 Å². The van der Waals surface area contributed by atoms with Gasteiger partial charge in [0.05, 0.1) is 18.1 Å². The van der Waals surface area contributed by atoms with Crippen LogP contribution in [0.25, 0.3) is 0 Å². The van der Waals surface area contributed by atoms with Crippen LogP contribution in [0.4, 0.5) is 5.69 Å². The number of nitrogens with zero attached hydrogens (tertiary/aromatic N) is 2. The highest BCUT2D eigenvalue weighted by atomic mass is 16.3. The Labute approximate surface area is 96.9 Å². The summed E-state index contributed by atoms with van der Waals surface area (Å²) in [5.41, 5.74) is 1.97. The van der Waals surface area contributed by atoms with E-state index in [4.69, 9.17) is 5.26 Å². The predicted molar refractivity (Wildman–Crippen MR) is 65.1 cm³/mol. The fourth-order valence-electron chi connectivity index (χ4n) is 1.56. The Bertz CT molecular complexity index is 365. The summed E-state index contributed by atoms with van der Waals surface area (Å²) >= 11 is 0. The first-order valence-electron chi connectivity index (χ1n) is 5.43. The van der Waals surface area contributed by atoms with E-state index in [-0.39, 0.29) is 5.92 Å². The monoisotopic (exact) mass is 218 g/mol. The van der Waals surface area contributed by atoms with Crippen LogP contribution in [0.3, 0.4) is 0 Å². The minimum Gasteiger partial charge on any atom is -0.389 e. The standard InChI is InChI=1S/C13H18N2O/c1-10(8-14)9-15(3)13-6-4-12(5-7-13)11(2)16/h4-7,10-11,16H,9H2,1-3H3. The zero-order valence-electron chi connectivity index (χ0n) is 10.0. The molecular weight excluding hydrogens is 200 g/mol. The first-order chi connectivity index (χ1) is 7.54. The van der Waals surface area contributed by atoms with Gasteiger partial charge in [-0.05, 0) is 31.5 Å². The van der Waals surface area contributed by atoms with Gasteiger partial charge in [-0.15, -0.1) is 0 Å². The highest BCUT2D eigenvalue weighted by Crippen LogP contribution is 2.18. The molecule has 0 aliphatic rings. The molecule has 3 nitrogen and oxygen atoms in total. The molecule has 0 heterocycles. The number of nitriles is 1. The molecule has 0 aliphatic carbocycles. The van der Waals surface area contributed by atoms with Crippen LogP contribution in [0.5, 0.6) is 0 Å². The lowest BCUT2D eigenvalue weighted by Crippen LogP contribution is -2.23. The predicted octanol–water partition coefficient (Wildman–Crippen LogP) is 2.34. The van der Waals surface area contributed by atoms with Crippen molar-refractivity contribution in [3.8, 4) is 6.07 Å². The van der Waals surface area contributed by atoms with E-state index in [9.17, 15) is 5.11 Å². The first kappa shape index (κ1) is 12.5. The molecule has 0 saturated heterocycles. The van der Waals surface area contributed by atoms with E-state index >= 15 is 0 Å². The van der Waals surface area contributed by atoms with Gasteiger partial charge in [0, 0.05) is 19.3 Å². The van der Waals surface area contributed by atoms with Crippen LogP contribution in [0, 0.1) is 17.2 Å². The van der Waals surface area contributed by atoms with Crippen molar-refractivity contribution in [2.24, 2.45) is 5.92 Å². The van der Waals surface area contributed by atoms with E-state index in [2.05, 4.69) is 6.07 Å². The number of rotatable bonds is 4. The van der Waals surface area contributed by atoms with Gasteiger partial charge in [0.2, 0.25) is 0 Å². The van der Waals surface area contributed by atoms with Crippen molar-refractivity contribution in [1.82, 2.24) is 0 Å². The Balaban J connectivity index is 2.71. The van der Waals surface area contributed by atoms with Gasteiger partial charge < -0.3 is 10.0 Å². The molecule has 2 atom stereocenters. The summed E-state index contributed by atoms with van der Waals surface area (Å²) in [6.45, 7) is 4.36. The zero-order chi connectivity index (χ0) is 12.1. The maximum atomic E-state index is 9.38. The van der Waals surface area contributed by atoms with Gasteiger partial charge >= 0.3 is 0 Å². The lowest BCUT2D eigenvalue weighted by Gasteiger charge is -2.20. The van der Waals surface area contributed by atoms with Crippen LogP contribution in [0.15, 0.2) is 24.3 Å². The molecule has 0 bridgehead atoms. The number of benzene rings is 1. The average molecular weight is 218 g/mol. The molecule has 1 rings (SSSR count). The van der Waals surface area contributed by atoms with Crippen molar-refractivity contribution in [1.29, 1.82) is 5.26 Å². The number of hydrogen-bond donors (Lipinski definition) is 1. The molecule has 0 saturated carbocycles. The average Bonchev–Trinajstić information content (AvgIpc) is 2.28. The normalized spacial score (nSPS) is 13.9. The molecule has 0 amide bonds. The number of aliphatic hydroxyl groups is 1. The molecule has 1 aromatic rings. The van der Waals surface area contributed by atoms with Crippen LogP contribution in [0.1, 0.15) is 25.5 Å². The summed E-state index contributed by atoms with van der Waals surface area (Å²) in [4.78, 5) is 2.04. The molecule has 0 radical (unpaired) electrons. The van der Waals surface area contributed by atoms with Gasteiger partial charge in [-0.2, -0.15) is 5.26 Å². The minimum atomic E-state index is -0.433. The minimum absolute atomic E-state index is 0.0152. The van der Waals surface area contributed by atoms with Gasteiger partial charge in [-0.3, -0.25) is 0 Å². The third kappa shape index (κ3) is 3.25. The summed E-state index contributed by atoms with van der Waals surface area (Å²) in [7, 11) is 1.96. The van der Waals surface area contributed by atoms with Crippen molar-refractivity contribution in [3.63, 3.8) is 0 Å². The Morgan fingerprint density at radius 3 is 2.31 bits per heavy atom. The van der Waals surface area contributed by atoms with Crippen molar-refractivity contribution in [2.45, 2.75) is 20.0 Å². The second-order valence-corrected chi connectivity index (χ2v) is 4.18. The molecule has 0 spiro atoms. The van der Waals surface area contributed by atoms with E-state index in [0.717, 1.165) is 11.3 Å². The lowest BCUT2D eigenvalue weighted by molar-refractivity contribution is 0.199. The highest BCUT2D eigenvalue weighted by Gasteiger charge is 2.07. The quantitative estimate of drug-likeness (QED) is 0.843. The topological polar surface area (TPSA) is 47.3 Å². The van der Waals surface area contributed by atoms with E-state index in [1.54, 1.807) is 6.92 Å². The Kier molecular flexibility index (Phi) is 4.33. The van der Waals surface area contributed by atoms with Gasteiger partial charge in [0.15, 0.2) is 0 Å². The molecule has 1 N–H and O–H groups in total. The van der Waals surface area contributed by atoms with Crippen molar-refractivity contribution in [2.75, 3.05) is 18.5 Å². The highest BCUT2D eigenvalue weighted by molar-refractivity contribution is 5.47. The van der Waals surface area contributed by atoms with Gasteiger partial charge in [0.25, 0.3) is 0 Å². The first-order valence-corrected chi connectivity index (χ1v) is 5.43. The summed E-state index contributed by atoms with van der Waals surface area (Å²) in [5, 5.41) is 18.1. The second kappa shape index (κ2) is 5.53. The third-order valence-electron chi connectivity index (χ3n) is 2.58. The number of anilines is 1. The van der Waals surface area contributed by atoms with E-state index in [0.29, 0.717) is 6.54 Å². The van der Waals surface area contributed by atoms with Crippen molar-refractivity contribution >= 4 is 5.69 Å². The van der Waals surface area contributed by atoms with Gasteiger partial charge in [0.1, 0.15) is 0 Å². The SMILES string of the molecule is CC(C#N)CN(C)c1ccc(C(C)O)cc1. The van der Waals surface area contributed by atoms with Crippen LogP contribution in [-0.2, 0) is 0 Å². The maximum absolute atomic E-state index is 9.38. The van der Waals surface area contributed by atoms with Crippen molar-refractivity contribution in [3.05, 3.63) is 29.8 Å². The fourth-order valence-corrected chi connectivity index (χ4v) is 1.56. The van der Waals surface area contributed by atoms with Crippen LogP contribution in [-0.4, -0.2) is 18.7 Å². The molecule has 16 heavy (non-hydrogen) atoms. The number of hydrogen-bond acceptors (Lipinski definition) is 3. The van der Waals surface area contributed by atoms with E-state index in [1.807, 2.05) is 43.1 Å². The number of aliphatic hydroxyl groups excluding tert-OH is 1. The molecule has 0 aromatic heterocycles. The van der Waals surface area contributed by atoms with Crippen molar-refractivity contribution < 1.29 is 5.11 Å². The summed E-state index contributed by atoms with van der Waals surface area (Å²) in [5.74, 6) is 0.0152. The third-order valence-corrected chi connectivity index (χ3v) is 2.58. The van der Waals surface area contributed by atoms with E-state index < -0.39 is 6.10 Å². The molecule has 2 unspecified atom stereocenters.